The van der Waals surface area contributed by atoms with E-state index in [4.69, 9.17) is 4.74 Å². The Hall–Kier alpha value is -0.610. The van der Waals surface area contributed by atoms with Crippen LogP contribution in [0.2, 0.25) is 0 Å². The van der Waals surface area contributed by atoms with Crippen molar-refractivity contribution in [2.75, 3.05) is 13.2 Å². The van der Waals surface area contributed by atoms with Crippen LogP contribution in [0.4, 0.5) is 0 Å². The molecule has 0 aromatic heterocycles. The van der Waals surface area contributed by atoms with E-state index in [-0.39, 0.29) is 23.8 Å². The fraction of sp³-hybridized carbons (Fsp3) is 0.909. The number of carbonyl (C=O) groups is 1. The molecule has 2 N–H and O–H groups in total. The predicted molar refractivity (Wildman–Crippen MR) is 57.4 cm³/mol. The van der Waals surface area contributed by atoms with E-state index in [9.17, 15) is 9.90 Å². The molecule has 4 heteroatoms. The smallest absolute Gasteiger partial charge is 0.225 e. The highest BCUT2D eigenvalue weighted by atomic mass is 16.5. The van der Waals surface area contributed by atoms with Gasteiger partial charge in [-0.3, -0.25) is 4.79 Å². The summed E-state index contributed by atoms with van der Waals surface area (Å²) in [6.45, 7) is 6.78. The molecule has 0 aromatic rings. The monoisotopic (exact) mass is 215 g/mol. The van der Waals surface area contributed by atoms with Crippen molar-refractivity contribution in [3.05, 3.63) is 0 Å². The van der Waals surface area contributed by atoms with Crippen LogP contribution in [0.25, 0.3) is 0 Å². The first-order chi connectivity index (χ1) is 7.06. The van der Waals surface area contributed by atoms with Gasteiger partial charge in [0, 0.05) is 13.2 Å². The number of amides is 1. The summed E-state index contributed by atoms with van der Waals surface area (Å²) < 4.78 is 5.32. The minimum absolute atomic E-state index is 0.00399. The number of aliphatic hydroxyl groups is 1. The lowest BCUT2D eigenvalue weighted by atomic mass is 10.1. The Labute approximate surface area is 91.0 Å². The topological polar surface area (TPSA) is 58.6 Å². The lowest BCUT2D eigenvalue weighted by Crippen LogP contribution is -2.36. The molecule has 4 nitrogen and oxygen atoms in total. The number of aliphatic hydroxyl groups excluding tert-OH is 1. The minimum Gasteiger partial charge on any atom is -0.391 e. The van der Waals surface area contributed by atoms with Gasteiger partial charge in [-0.15, -0.1) is 0 Å². The molecule has 15 heavy (non-hydrogen) atoms. The second kappa shape index (κ2) is 5.47. The maximum atomic E-state index is 11.5. The van der Waals surface area contributed by atoms with E-state index in [1.807, 2.05) is 20.8 Å². The van der Waals surface area contributed by atoms with Crippen LogP contribution in [0, 0.1) is 11.8 Å². The van der Waals surface area contributed by atoms with Crippen LogP contribution in [0.5, 0.6) is 0 Å². The Morgan fingerprint density at radius 2 is 2.27 bits per heavy atom. The molecule has 1 amide bonds. The van der Waals surface area contributed by atoms with Gasteiger partial charge in [-0.2, -0.15) is 0 Å². The van der Waals surface area contributed by atoms with Crippen LogP contribution in [0.3, 0.4) is 0 Å². The second-order valence-electron chi connectivity index (χ2n) is 4.39. The van der Waals surface area contributed by atoms with Gasteiger partial charge in [0.1, 0.15) is 0 Å². The van der Waals surface area contributed by atoms with E-state index in [2.05, 4.69) is 5.32 Å². The summed E-state index contributed by atoms with van der Waals surface area (Å²) >= 11 is 0. The van der Waals surface area contributed by atoms with Gasteiger partial charge < -0.3 is 15.2 Å². The quantitative estimate of drug-likeness (QED) is 0.680. The zero-order valence-electron chi connectivity index (χ0n) is 9.69. The van der Waals surface area contributed by atoms with E-state index in [0.717, 1.165) is 6.42 Å². The lowest BCUT2D eigenvalue weighted by molar-refractivity contribution is -0.123. The number of hydrogen-bond acceptors (Lipinski definition) is 3. The molecule has 0 aromatic carbocycles. The Kier molecular flexibility index (Phi) is 4.54. The van der Waals surface area contributed by atoms with E-state index >= 15 is 0 Å². The van der Waals surface area contributed by atoms with Crippen LogP contribution >= 0.6 is 0 Å². The number of hydrogen-bond donors (Lipinski definition) is 2. The lowest BCUT2D eigenvalue weighted by Gasteiger charge is -2.14. The first kappa shape index (κ1) is 12.5. The molecule has 1 saturated carbocycles. The molecular formula is C11H21NO3. The number of ether oxygens (including phenoxy) is 1. The standard InChI is InChI=1S/C11H21NO3/c1-4-15-10-5-8(10)11(14)12-6-9(13)7(2)3/h7-10,13H,4-6H2,1-3H3,(H,12,14)/t8-,9+,10+/m0/s1. The van der Waals surface area contributed by atoms with Gasteiger partial charge in [-0.1, -0.05) is 13.8 Å². The fourth-order valence-corrected chi connectivity index (χ4v) is 1.42. The van der Waals surface area contributed by atoms with Crippen molar-refractivity contribution in [3.63, 3.8) is 0 Å². The number of rotatable bonds is 6. The predicted octanol–water partition coefficient (Wildman–Crippen LogP) is 0.544. The van der Waals surface area contributed by atoms with E-state index in [1.54, 1.807) is 0 Å². The molecule has 1 fully saturated rings. The molecule has 0 bridgehead atoms. The summed E-state index contributed by atoms with van der Waals surface area (Å²) in [6, 6.07) is 0. The molecule has 0 spiro atoms. The Morgan fingerprint density at radius 3 is 2.80 bits per heavy atom. The van der Waals surface area contributed by atoms with Crippen molar-refractivity contribution in [2.24, 2.45) is 11.8 Å². The number of nitrogens with one attached hydrogen (secondary N) is 1. The van der Waals surface area contributed by atoms with Crippen molar-refractivity contribution in [2.45, 2.75) is 39.4 Å². The summed E-state index contributed by atoms with van der Waals surface area (Å²) in [6.07, 6.45) is 0.460. The molecule has 0 heterocycles. The van der Waals surface area contributed by atoms with Crippen molar-refractivity contribution in [1.82, 2.24) is 5.32 Å². The van der Waals surface area contributed by atoms with Crippen molar-refractivity contribution < 1.29 is 14.6 Å². The molecule has 0 saturated heterocycles. The van der Waals surface area contributed by atoms with Crippen LogP contribution in [-0.4, -0.2) is 36.4 Å². The summed E-state index contributed by atoms with van der Waals surface area (Å²) in [4.78, 5) is 11.5. The molecule has 1 rings (SSSR count). The Balaban J connectivity index is 2.15. The first-order valence-electron chi connectivity index (χ1n) is 5.63. The average Bonchev–Trinajstić information content (AvgIpc) is 2.93. The third kappa shape index (κ3) is 3.80. The molecule has 1 aliphatic carbocycles. The van der Waals surface area contributed by atoms with Crippen LogP contribution in [0.1, 0.15) is 27.2 Å². The maximum absolute atomic E-state index is 11.5. The van der Waals surface area contributed by atoms with Gasteiger partial charge in [0.25, 0.3) is 0 Å². The fourth-order valence-electron chi connectivity index (χ4n) is 1.42. The van der Waals surface area contributed by atoms with Crippen molar-refractivity contribution in [3.8, 4) is 0 Å². The zero-order valence-corrected chi connectivity index (χ0v) is 9.69. The largest absolute Gasteiger partial charge is 0.391 e. The molecule has 3 atom stereocenters. The maximum Gasteiger partial charge on any atom is 0.225 e. The van der Waals surface area contributed by atoms with Gasteiger partial charge in [-0.25, -0.2) is 0 Å². The van der Waals surface area contributed by atoms with E-state index in [0.29, 0.717) is 13.2 Å². The molecule has 0 aliphatic heterocycles. The summed E-state index contributed by atoms with van der Waals surface area (Å²) in [7, 11) is 0. The minimum atomic E-state index is -0.460. The molecular weight excluding hydrogens is 194 g/mol. The highest BCUT2D eigenvalue weighted by molar-refractivity contribution is 5.82. The molecule has 88 valence electrons. The van der Waals surface area contributed by atoms with Gasteiger partial charge in [-0.05, 0) is 19.3 Å². The van der Waals surface area contributed by atoms with Gasteiger partial charge in [0.15, 0.2) is 0 Å². The van der Waals surface area contributed by atoms with Crippen molar-refractivity contribution >= 4 is 5.91 Å². The first-order valence-corrected chi connectivity index (χ1v) is 5.63. The van der Waals surface area contributed by atoms with Crippen molar-refractivity contribution in [1.29, 1.82) is 0 Å². The van der Waals surface area contributed by atoms with Crippen LogP contribution in [-0.2, 0) is 9.53 Å². The second-order valence-corrected chi connectivity index (χ2v) is 4.39. The van der Waals surface area contributed by atoms with Gasteiger partial charge in [0.2, 0.25) is 5.91 Å². The third-order valence-electron chi connectivity index (χ3n) is 2.70. The average molecular weight is 215 g/mol. The molecule has 0 unspecified atom stereocenters. The van der Waals surface area contributed by atoms with E-state index in [1.165, 1.54) is 0 Å². The Bertz CT molecular complexity index is 218. The van der Waals surface area contributed by atoms with Crippen LogP contribution in [0.15, 0.2) is 0 Å². The van der Waals surface area contributed by atoms with E-state index < -0.39 is 6.10 Å². The summed E-state index contributed by atoms with van der Waals surface area (Å²) in [5.74, 6) is 0.185. The normalized spacial score (nSPS) is 26.5. The number of carbonyl (C=O) groups excluding carboxylic acids is 1. The molecule has 0 radical (unpaired) electrons. The zero-order chi connectivity index (χ0) is 11.4. The third-order valence-corrected chi connectivity index (χ3v) is 2.70. The molecule has 1 aliphatic rings. The SMILES string of the molecule is CCO[C@@H]1C[C@@H]1C(=O)NC[C@@H](O)C(C)C. The van der Waals surface area contributed by atoms with Crippen LogP contribution < -0.4 is 5.32 Å². The Morgan fingerprint density at radius 1 is 1.60 bits per heavy atom. The highest BCUT2D eigenvalue weighted by Crippen LogP contribution is 2.33. The summed E-state index contributed by atoms with van der Waals surface area (Å²) in [5, 5.41) is 12.2. The van der Waals surface area contributed by atoms with Gasteiger partial charge in [0.05, 0.1) is 18.1 Å². The van der Waals surface area contributed by atoms with Gasteiger partial charge >= 0.3 is 0 Å². The summed E-state index contributed by atoms with van der Waals surface area (Å²) in [5.41, 5.74) is 0. The highest BCUT2D eigenvalue weighted by Gasteiger charge is 2.43.